The van der Waals surface area contributed by atoms with E-state index in [9.17, 15) is 9.90 Å². The fraction of sp³-hybridized carbons (Fsp3) is 0.480. The zero-order chi connectivity index (χ0) is 21.3. The molecular weight excluding hydrogens is 392 g/mol. The Kier molecular flexibility index (Phi) is 5.59. The van der Waals surface area contributed by atoms with Crippen molar-refractivity contribution in [3.05, 3.63) is 59.7 Å². The number of benzene rings is 2. The Morgan fingerprint density at radius 2 is 1.94 bits per heavy atom. The summed E-state index contributed by atoms with van der Waals surface area (Å²) in [7, 11) is 0. The molecule has 2 N–H and O–H groups in total. The van der Waals surface area contributed by atoms with E-state index in [1.807, 2.05) is 42.5 Å². The minimum atomic E-state index is -0.656. The summed E-state index contributed by atoms with van der Waals surface area (Å²) in [6.07, 6.45) is 4.70. The highest BCUT2D eigenvalue weighted by Gasteiger charge is 2.49. The highest BCUT2D eigenvalue weighted by Crippen LogP contribution is 2.50. The molecule has 1 amide bonds. The van der Waals surface area contributed by atoms with Gasteiger partial charge in [0.2, 0.25) is 12.7 Å². The van der Waals surface area contributed by atoms with Crippen LogP contribution in [-0.2, 0) is 11.3 Å². The van der Waals surface area contributed by atoms with E-state index in [-0.39, 0.29) is 24.7 Å². The summed E-state index contributed by atoms with van der Waals surface area (Å²) in [4.78, 5) is 15.1. The van der Waals surface area contributed by atoms with Crippen molar-refractivity contribution >= 4 is 5.91 Å². The van der Waals surface area contributed by atoms with Crippen molar-refractivity contribution in [1.82, 2.24) is 10.2 Å². The van der Waals surface area contributed by atoms with Gasteiger partial charge in [0.25, 0.3) is 0 Å². The summed E-state index contributed by atoms with van der Waals surface area (Å²) in [5.74, 6) is 1.62. The molecule has 5 rings (SSSR count). The molecule has 2 aliphatic heterocycles. The number of nitrogens with one attached hydrogen (secondary N) is 1. The first-order valence-corrected chi connectivity index (χ1v) is 11.3. The van der Waals surface area contributed by atoms with Crippen LogP contribution in [0.25, 0.3) is 0 Å². The number of hydrogen-bond donors (Lipinski definition) is 2. The van der Waals surface area contributed by atoms with E-state index < -0.39 is 5.60 Å². The molecule has 164 valence electrons. The van der Waals surface area contributed by atoms with Gasteiger partial charge in [-0.25, -0.2) is 0 Å². The van der Waals surface area contributed by atoms with Crippen LogP contribution in [0.2, 0.25) is 0 Å². The maximum Gasteiger partial charge on any atom is 0.234 e. The molecule has 0 unspecified atom stereocenters. The van der Waals surface area contributed by atoms with Crippen LogP contribution in [0.3, 0.4) is 0 Å². The summed E-state index contributed by atoms with van der Waals surface area (Å²) in [6, 6.07) is 16.0. The normalized spacial score (nSPS) is 27.5. The second kappa shape index (κ2) is 8.52. The molecule has 1 saturated heterocycles. The summed E-state index contributed by atoms with van der Waals surface area (Å²) in [5, 5.41) is 14.5. The van der Waals surface area contributed by atoms with Gasteiger partial charge in [0, 0.05) is 25.0 Å². The van der Waals surface area contributed by atoms with Crippen LogP contribution in [-0.4, -0.2) is 41.4 Å². The molecule has 3 aliphatic rings. The van der Waals surface area contributed by atoms with Gasteiger partial charge in [-0.05, 0) is 42.5 Å². The molecular formula is C25H30N2O4. The quantitative estimate of drug-likeness (QED) is 0.773. The number of fused-ring (bicyclic) bond motifs is 2. The number of amides is 1. The Hall–Kier alpha value is -2.57. The molecule has 1 aliphatic carbocycles. The summed E-state index contributed by atoms with van der Waals surface area (Å²) < 4.78 is 11.1. The van der Waals surface area contributed by atoms with Crippen molar-refractivity contribution < 1.29 is 19.4 Å². The van der Waals surface area contributed by atoms with Crippen LogP contribution in [0.1, 0.15) is 49.3 Å². The molecule has 3 atom stereocenters. The standard InChI is InChI=1S/C25H30N2O4/c28-23(26-15-18-6-2-1-3-7-18)16-27-13-12-25(29)11-5-4-8-20(25)24(27)19-9-10-21-22(14-19)31-17-30-21/h1-3,6-7,9-10,14,20,24,29H,4-5,8,11-13,15-17H2,(H,26,28)/t20-,24+,25-/m1/s1. The highest BCUT2D eigenvalue weighted by atomic mass is 16.7. The fourth-order valence-electron chi connectivity index (χ4n) is 5.50. The Labute approximate surface area is 183 Å². The van der Waals surface area contributed by atoms with Gasteiger partial charge < -0.3 is 19.9 Å². The molecule has 0 radical (unpaired) electrons. The Balaban J connectivity index is 1.36. The first-order chi connectivity index (χ1) is 15.1. The van der Waals surface area contributed by atoms with Crippen molar-refractivity contribution in [2.75, 3.05) is 19.9 Å². The molecule has 1 saturated carbocycles. The monoisotopic (exact) mass is 422 g/mol. The number of carbonyl (C=O) groups excluding carboxylic acids is 1. The van der Waals surface area contributed by atoms with Gasteiger partial charge in [-0.1, -0.05) is 49.2 Å². The number of ether oxygens (including phenoxy) is 2. The summed E-state index contributed by atoms with van der Waals surface area (Å²) in [5.41, 5.74) is 1.52. The first kappa shape index (κ1) is 20.3. The van der Waals surface area contributed by atoms with Gasteiger partial charge in [0.05, 0.1) is 12.1 Å². The van der Waals surface area contributed by atoms with Crippen molar-refractivity contribution in [3.8, 4) is 11.5 Å². The zero-order valence-electron chi connectivity index (χ0n) is 17.8. The number of hydrogen-bond acceptors (Lipinski definition) is 5. The maximum absolute atomic E-state index is 12.8. The second-order valence-corrected chi connectivity index (χ2v) is 9.00. The third kappa shape index (κ3) is 4.14. The van der Waals surface area contributed by atoms with Crippen LogP contribution < -0.4 is 14.8 Å². The highest BCUT2D eigenvalue weighted by molar-refractivity contribution is 5.78. The predicted molar refractivity (Wildman–Crippen MR) is 117 cm³/mol. The van der Waals surface area contributed by atoms with Gasteiger partial charge in [0.15, 0.2) is 11.5 Å². The van der Waals surface area contributed by atoms with Crippen molar-refractivity contribution in [3.63, 3.8) is 0 Å². The minimum absolute atomic E-state index is 0.0100. The third-order valence-electron chi connectivity index (χ3n) is 7.09. The molecule has 2 aromatic carbocycles. The lowest BCUT2D eigenvalue weighted by atomic mass is 9.66. The summed E-state index contributed by atoms with van der Waals surface area (Å²) in [6.45, 7) is 1.78. The van der Waals surface area contributed by atoms with E-state index in [0.29, 0.717) is 26.1 Å². The van der Waals surface area contributed by atoms with E-state index in [0.717, 1.165) is 48.3 Å². The number of nitrogens with zero attached hydrogens (tertiary/aromatic N) is 1. The number of likely N-dealkylation sites (tertiary alicyclic amines) is 1. The molecule has 2 aromatic rings. The first-order valence-electron chi connectivity index (χ1n) is 11.3. The van der Waals surface area contributed by atoms with Crippen molar-refractivity contribution in [2.24, 2.45) is 5.92 Å². The van der Waals surface area contributed by atoms with Crippen molar-refractivity contribution in [2.45, 2.75) is 50.3 Å². The summed E-state index contributed by atoms with van der Waals surface area (Å²) >= 11 is 0. The average molecular weight is 423 g/mol. The predicted octanol–water partition coefficient (Wildman–Crippen LogP) is 3.40. The van der Waals surface area contributed by atoms with Gasteiger partial charge in [-0.3, -0.25) is 9.69 Å². The number of piperidine rings is 1. The Morgan fingerprint density at radius 1 is 1.10 bits per heavy atom. The lowest BCUT2D eigenvalue weighted by molar-refractivity contribution is -0.138. The average Bonchev–Trinajstić information content (AvgIpc) is 3.26. The van der Waals surface area contributed by atoms with E-state index in [4.69, 9.17) is 9.47 Å². The minimum Gasteiger partial charge on any atom is -0.454 e. The molecule has 2 heterocycles. The smallest absolute Gasteiger partial charge is 0.234 e. The van der Waals surface area contributed by atoms with Crippen LogP contribution in [0.5, 0.6) is 11.5 Å². The second-order valence-electron chi connectivity index (χ2n) is 9.00. The molecule has 0 aromatic heterocycles. The lowest BCUT2D eigenvalue weighted by Crippen LogP contribution is -2.56. The number of carbonyl (C=O) groups is 1. The van der Waals surface area contributed by atoms with Gasteiger partial charge >= 0.3 is 0 Å². The molecule has 0 spiro atoms. The Bertz CT molecular complexity index is 934. The molecule has 2 fully saturated rings. The van der Waals surface area contributed by atoms with Gasteiger partial charge in [-0.15, -0.1) is 0 Å². The topological polar surface area (TPSA) is 71.0 Å². The zero-order valence-corrected chi connectivity index (χ0v) is 17.8. The van der Waals surface area contributed by atoms with E-state index in [1.54, 1.807) is 0 Å². The molecule has 6 heteroatoms. The molecule has 31 heavy (non-hydrogen) atoms. The number of aliphatic hydroxyl groups is 1. The SMILES string of the molecule is O=C(CN1CC[C@]2(O)CCCC[C@@H]2[C@@H]1c1ccc2c(c1)OCO2)NCc1ccccc1. The molecule has 6 nitrogen and oxygen atoms in total. The third-order valence-corrected chi connectivity index (χ3v) is 7.09. The fourth-order valence-corrected chi connectivity index (χ4v) is 5.50. The Morgan fingerprint density at radius 3 is 2.81 bits per heavy atom. The van der Waals surface area contributed by atoms with E-state index in [2.05, 4.69) is 16.3 Å². The van der Waals surface area contributed by atoms with Crippen molar-refractivity contribution in [1.29, 1.82) is 0 Å². The molecule has 0 bridgehead atoms. The number of rotatable bonds is 5. The van der Waals surface area contributed by atoms with Gasteiger partial charge in [-0.2, -0.15) is 0 Å². The van der Waals surface area contributed by atoms with Crippen LogP contribution in [0.15, 0.2) is 48.5 Å². The van der Waals surface area contributed by atoms with E-state index in [1.165, 1.54) is 0 Å². The largest absolute Gasteiger partial charge is 0.454 e. The van der Waals surface area contributed by atoms with Crippen LogP contribution >= 0.6 is 0 Å². The maximum atomic E-state index is 12.8. The van der Waals surface area contributed by atoms with Gasteiger partial charge in [0.1, 0.15) is 0 Å². The lowest BCUT2D eigenvalue weighted by Gasteiger charge is -2.52. The van der Waals surface area contributed by atoms with Crippen LogP contribution in [0, 0.1) is 5.92 Å². The van der Waals surface area contributed by atoms with E-state index >= 15 is 0 Å². The van der Waals surface area contributed by atoms with Crippen LogP contribution in [0.4, 0.5) is 0 Å².